The Morgan fingerprint density at radius 1 is 1.06 bits per heavy atom. The number of nitrogens with two attached hydrogens (primary N) is 1. The van der Waals surface area contributed by atoms with E-state index >= 15 is 0 Å². The van der Waals surface area contributed by atoms with Crippen molar-refractivity contribution in [1.82, 2.24) is 14.9 Å². The van der Waals surface area contributed by atoms with Crippen molar-refractivity contribution in [3.05, 3.63) is 59.8 Å². The van der Waals surface area contributed by atoms with Gasteiger partial charge in [0.15, 0.2) is 0 Å². The van der Waals surface area contributed by atoms with Crippen LogP contribution in [0.25, 0.3) is 32.9 Å². The molecule has 8 nitrogen and oxygen atoms in total. The molecule has 4 aromatic rings. The number of amides is 2. The van der Waals surface area contributed by atoms with Gasteiger partial charge in [-0.05, 0) is 35.9 Å². The van der Waals surface area contributed by atoms with E-state index in [9.17, 15) is 9.59 Å². The van der Waals surface area contributed by atoms with Gasteiger partial charge in [0.25, 0.3) is 11.8 Å². The van der Waals surface area contributed by atoms with E-state index in [0.717, 1.165) is 27.4 Å². The number of nitrogens with one attached hydrogen (secondary N) is 1. The van der Waals surface area contributed by atoms with E-state index in [0.29, 0.717) is 48.8 Å². The molecule has 0 spiro atoms. The lowest BCUT2D eigenvalue weighted by Crippen LogP contribution is -2.40. The molecule has 1 aliphatic rings. The first kappa shape index (κ1) is 20.0. The third-order valence-electron chi connectivity index (χ3n) is 5.80. The van der Waals surface area contributed by atoms with Crippen molar-refractivity contribution >= 4 is 33.6 Å². The summed E-state index contributed by atoms with van der Waals surface area (Å²) in [5.41, 5.74) is 9.74. The number of aromatic amines is 1. The number of hydrogen-bond donors (Lipinski definition) is 2. The molecule has 1 aliphatic heterocycles. The van der Waals surface area contributed by atoms with Gasteiger partial charge in [-0.25, -0.2) is 4.98 Å². The van der Waals surface area contributed by atoms with Gasteiger partial charge in [-0.1, -0.05) is 6.07 Å². The Morgan fingerprint density at radius 2 is 1.88 bits per heavy atom. The average molecular weight is 430 g/mol. The number of H-pyrrole nitrogens is 1. The molecule has 0 radical (unpaired) electrons. The Bertz CT molecular complexity index is 1340. The molecule has 0 atom stereocenters. The molecule has 8 heteroatoms. The second-order valence-electron chi connectivity index (χ2n) is 7.69. The predicted octanol–water partition coefficient (Wildman–Crippen LogP) is 2.96. The molecule has 3 N–H and O–H groups in total. The minimum absolute atomic E-state index is 0.0334. The SMILES string of the molecule is COc1ccc(-c2cc(C(N)=O)c3[nH]c4cc(C(=O)N5CCOCC5)ccc4c3c2)cn1. The first-order chi connectivity index (χ1) is 15.5. The Hall–Kier alpha value is -3.91. The van der Waals surface area contributed by atoms with Crippen LogP contribution >= 0.6 is 0 Å². The highest BCUT2D eigenvalue weighted by molar-refractivity contribution is 6.17. The smallest absolute Gasteiger partial charge is 0.254 e. The lowest BCUT2D eigenvalue weighted by Gasteiger charge is -2.26. The molecule has 2 aromatic heterocycles. The minimum atomic E-state index is -0.533. The lowest BCUT2D eigenvalue weighted by atomic mass is 9.99. The van der Waals surface area contributed by atoms with Crippen LogP contribution in [0.1, 0.15) is 20.7 Å². The Kier molecular flexibility index (Phi) is 4.99. The number of ether oxygens (including phenoxy) is 2. The van der Waals surface area contributed by atoms with Gasteiger partial charge in [-0.2, -0.15) is 0 Å². The number of hydrogen-bond acceptors (Lipinski definition) is 5. The van der Waals surface area contributed by atoms with Gasteiger partial charge in [0.05, 0.1) is 31.4 Å². The van der Waals surface area contributed by atoms with E-state index in [4.69, 9.17) is 15.2 Å². The number of fused-ring (bicyclic) bond motifs is 3. The molecule has 162 valence electrons. The fourth-order valence-electron chi connectivity index (χ4n) is 4.12. The number of rotatable bonds is 4. The third-order valence-corrected chi connectivity index (χ3v) is 5.80. The van der Waals surface area contributed by atoms with Gasteiger partial charge >= 0.3 is 0 Å². The van der Waals surface area contributed by atoms with Crippen LogP contribution in [0.5, 0.6) is 5.88 Å². The second kappa shape index (κ2) is 7.97. The molecule has 0 bridgehead atoms. The number of pyridine rings is 1. The normalized spacial score (nSPS) is 14.1. The summed E-state index contributed by atoms with van der Waals surface area (Å²) >= 11 is 0. The van der Waals surface area contributed by atoms with Crippen LogP contribution in [0.15, 0.2) is 48.7 Å². The van der Waals surface area contributed by atoms with Crippen LogP contribution in [-0.2, 0) is 4.74 Å². The van der Waals surface area contributed by atoms with Crippen molar-refractivity contribution in [3.8, 4) is 17.0 Å². The number of carbonyl (C=O) groups is 2. The maximum Gasteiger partial charge on any atom is 0.254 e. The van der Waals surface area contributed by atoms with Crippen molar-refractivity contribution < 1.29 is 19.1 Å². The zero-order valence-electron chi connectivity index (χ0n) is 17.6. The highest BCUT2D eigenvalue weighted by Gasteiger charge is 2.20. The van der Waals surface area contributed by atoms with Crippen LogP contribution < -0.4 is 10.5 Å². The van der Waals surface area contributed by atoms with E-state index in [1.54, 1.807) is 30.3 Å². The van der Waals surface area contributed by atoms with Crippen molar-refractivity contribution in [1.29, 1.82) is 0 Å². The van der Waals surface area contributed by atoms with Crippen LogP contribution in [0.4, 0.5) is 0 Å². The van der Waals surface area contributed by atoms with E-state index in [-0.39, 0.29) is 5.91 Å². The Labute approximate surface area is 183 Å². The van der Waals surface area contributed by atoms with Crippen LogP contribution in [0, 0.1) is 0 Å². The standard InChI is InChI=1S/C24H22N4O4/c1-31-21-5-3-15(13-26-21)16-10-18-17-4-2-14(24(30)28-6-8-32-9-7-28)12-20(17)27-22(18)19(11-16)23(25)29/h2-5,10-13,27H,6-9H2,1H3,(H2,25,29). The Morgan fingerprint density at radius 3 is 2.56 bits per heavy atom. The number of morpholine rings is 1. The molecule has 32 heavy (non-hydrogen) atoms. The lowest BCUT2D eigenvalue weighted by molar-refractivity contribution is 0.0303. The van der Waals surface area contributed by atoms with Crippen LogP contribution in [0.2, 0.25) is 0 Å². The molecular weight excluding hydrogens is 408 g/mol. The van der Waals surface area contributed by atoms with Crippen molar-refractivity contribution in [2.24, 2.45) is 5.73 Å². The van der Waals surface area contributed by atoms with Gasteiger partial charge < -0.3 is 25.1 Å². The summed E-state index contributed by atoms with van der Waals surface area (Å²) in [7, 11) is 1.56. The number of nitrogens with zero attached hydrogens (tertiary/aromatic N) is 2. The molecule has 2 amide bonds. The highest BCUT2D eigenvalue weighted by Crippen LogP contribution is 2.33. The zero-order chi connectivity index (χ0) is 22.2. The summed E-state index contributed by atoms with van der Waals surface area (Å²) in [5.74, 6) is -0.0574. The van der Waals surface area contributed by atoms with E-state index in [2.05, 4.69) is 9.97 Å². The number of methoxy groups -OCH3 is 1. The predicted molar refractivity (Wildman–Crippen MR) is 121 cm³/mol. The quantitative estimate of drug-likeness (QED) is 0.517. The van der Waals surface area contributed by atoms with Gasteiger partial charge in [-0.3, -0.25) is 9.59 Å². The second-order valence-corrected chi connectivity index (χ2v) is 7.69. The zero-order valence-corrected chi connectivity index (χ0v) is 17.6. The molecule has 3 heterocycles. The molecule has 1 saturated heterocycles. The largest absolute Gasteiger partial charge is 0.481 e. The summed E-state index contributed by atoms with van der Waals surface area (Å²) in [4.78, 5) is 34.5. The molecule has 2 aromatic carbocycles. The molecule has 1 fully saturated rings. The van der Waals surface area contributed by atoms with Crippen LogP contribution in [0.3, 0.4) is 0 Å². The minimum Gasteiger partial charge on any atom is -0.481 e. The average Bonchev–Trinajstić information content (AvgIpc) is 3.21. The fraction of sp³-hybridized carbons (Fsp3) is 0.208. The van der Waals surface area contributed by atoms with E-state index in [1.165, 1.54) is 0 Å². The maximum atomic E-state index is 12.9. The first-order valence-corrected chi connectivity index (χ1v) is 10.3. The number of carbonyl (C=O) groups excluding carboxylic acids is 2. The maximum absolute atomic E-state index is 12.9. The summed E-state index contributed by atoms with van der Waals surface area (Å²) in [6.07, 6.45) is 1.69. The topological polar surface area (TPSA) is 111 Å². The molecule has 0 saturated carbocycles. The summed E-state index contributed by atoms with van der Waals surface area (Å²) in [5, 5.41) is 1.76. The van der Waals surface area contributed by atoms with E-state index in [1.807, 2.05) is 30.3 Å². The fourth-order valence-corrected chi connectivity index (χ4v) is 4.12. The Balaban J connectivity index is 1.63. The van der Waals surface area contributed by atoms with Gasteiger partial charge in [-0.15, -0.1) is 0 Å². The molecular formula is C24H22N4O4. The highest BCUT2D eigenvalue weighted by atomic mass is 16.5. The van der Waals surface area contributed by atoms with Crippen molar-refractivity contribution in [2.45, 2.75) is 0 Å². The van der Waals surface area contributed by atoms with Crippen LogP contribution in [-0.4, -0.2) is 60.1 Å². The monoisotopic (exact) mass is 430 g/mol. The molecule has 0 aliphatic carbocycles. The molecule has 5 rings (SSSR count). The number of aromatic nitrogens is 2. The van der Waals surface area contributed by atoms with Crippen molar-refractivity contribution in [2.75, 3.05) is 33.4 Å². The van der Waals surface area contributed by atoms with Crippen molar-refractivity contribution in [3.63, 3.8) is 0 Å². The third kappa shape index (κ3) is 3.44. The van der Waals surface area contributed by atoms with Gasteiger partial charge in [0.1, 0.15) is 0 Å². The summed E-state index contributed by atoms with van der Waals surface area (Å²) < 4.78 is 10.5. The number of primary amides is 1. The summed E-state index contributed by atoms with van der Waals surface area (Å²) in [6, 6.07) is 12.9. The van der Waals surface area contributed by atoms with E-state index < -0.39 is 5.91 Å². The van der Waals surface area contributed by atoms with Gasteiger partial charge in [0, 0.05) is 52.8 Å². The number of benzene rings is 2. The molecule has 0 unspecified atom stereocenters. The first-order valence-electron chi connectivity index (χ1n) is 10.3. The summed E-state index contributed by atoms with van der Waals surface area (Å²) in [6.45, 7) is 2.25. The van der Waals surface area contributed by atoms with Gasteiger partial charge in [0.2, 0.25) is 5.88 Å².